The van der Waals surface area contributed by atoms with E-state index in [0.29, 0.717) is 0 Å². The van der Waals surface area contributed by atoms with Crippen LogP contribution in [0.5, 0.6) is 0 Å². The second kappa shape index (κ2) is 4.13. The summed E-state index contributed by atoms with van der Waals surface area (Å²) in [5.74, 6) is -0.853. The number of aliphatic carboxylic acids is 1. The highest BCUT2D eigenvalue weighted by atomic mass is 16.4. The van der Waals surface area contributed by atoms with E-state index in [-0.39, 0.29) is 0 Å². The lowest BCUT2D eigenvalue weighted by Crippen LogP contribution is -2.37. The third kappa shape index (κ3) is 3.18. The van der Waals surface area contributed by atoms with Crippen LogP contribution in [-0.4, -0.2) is 35.6 Å². The van der Waals surface area contributed by atoms with Gasteiger partial charge in [0.2, 0.25) is 0 Å². The van der Waals surface area contributed by atoms with Gasteiger partial charge in [-0.15, -0.1) is 0 Å². The Hall–Kier alpha value is -0.830. The molecule has 1 aliphatic heterocycles. The second-order valence-electron chi connectivity index (χ2n) is 2.72. The number of carbonyl (C=O) groups is 1. The Labute approximate surface area is 66.3 Å². The van der Waals surface area contributed by atoms with Crippen molar-refractivity contribution in [3.63, 3.8) is 0 Å². The van der Waals surface area contributed by atoms with Crippen LogP contribution >= 0.6 is 0 Å². The molecule has 0 saturated carbocycles. The summed E-state index contributed by atoms with van der Waals surface area (Å²) in [6, 6.07) is 0. The first-order chi connectivity index (χ1) is 5.29. The van der Waals surface area contributed by atoms with Crippen molar-refractivity contribution in [2.45, 2.75) is 12.8 Å². The minimum Gasteiger partial charge on any atom is -0.478 e. The maximum absolute atomic E-state index is 10.0. The molecule has 0 radical (unpaired) electrons. The zero-order chi connectivity index (χ0) is 8.10. The molecule has 0 aromatic carbocycles. The van der Waals surface area contributed by atoms with Gasteiger partial charge in [0.15, 0.2) is 0 Å². The van der Waals surface area contributed by atoms with Gasteiger partial charge in [0.25, 0.3) is 0 Å². The van der Waals surface area contributed by atoms with E-state index in [0.717, 1.165) is 13.0 Å². The molecule has 0 atom stereocenters. The van der Waals surface area contributed by atoms with E-state index in [4.69, 9.17) is 5.11 Å². The van der Waals surface area contributed by atoms with Gasteiger partial charge >= 0.3 is 5.97 Å². The highest BCUT2D eigenvalue weighted by molar-refractivity contribution is 5.79. The van der Waals surface area contributed by atoms with Crippen LogP contribution in [0.4, 0.5) is 0 Å². The Balaban J connectivity index is 1.98. The first kappa shape index (κ1) is 8.27. The molecular weight excluding hydrogens is 142 g/mol. The van der Waals surface area contributed by atoms with Gasteiger partial charge in [-0.1, -0.05) is 6.08 Å². The van der Waals surface area contributed by atoms with E-state index in [1.165, 1.54) is 25.6 Å². The molecule has 1 heterocycles. The van der Waals surface area contributed by atoms with Crippen LogP contribution < -0.4 is 0 Å². The average Bonchev–Trinajstić information content (AvgIpc) is 1.82. The number of hydrogen-bond acceptors (Lipinski definition) is 2. The van der Waals surface area contributed by atoms with Crippen molar-refractivity contribution in [2.75, 3.05) is 19.6 Å². The molecule has 0 amide bonds. The summed E-state index contributed by atoms with van der Waals surface area (Å²) in [4.78, 5) is 12.3. The molecule has 3 nitrogen and oxygen atoms in total. The lowest BCUT2D eigenvalue weighted by Gasteiger charge is -2.29. The zero-order valence-corrected chi connectivity index (χ0v) is 6.49. The van der Waals surface area contributed by atoms with Gasteiger partial charge < -0.3 is 10.0 Å². The van der Waals surface area contributed by atoms with E-state index in [2.05, 4.69) is 4.90 Å². The molecule has 0 unspecified atom stereocenters. The molecule has 62 valence electrons. The van der Waals surface area contributed by atoms with Crippen LogP contribution in [0.1, 0.15) is 12.8 Å². The molecule has 0 aliphatic carbocycles. The third-order valence-corrected chi connectivity index (χ3v) is 1.82. The molecule has 0 bridgehead atoms. The minimum absolute atomic E-state index is 0.853. The lowest BCUT2D eigenvalue weighted by atomic mass is 10.2. The van der Waals surface area contributed by atoms with Crippen molar-refractivity contribution < 1.29 is 9.90 Å². The molecule has 0 aromatic rings. The maximum Gasteiger partial charge on any atom is 0.327 e. The zero-order valence-electron chi connectivity index (χ0n) is 6.49. The third-order valence-electron chi connectivity index (χ3n) is 1.82. The van der Waals surface area contributed by atoms with Gasteiger partial charge in [-0.3, -0.25) is 0 Å². The van der Waals surface area contributed by atoms with Crippen LogP contribution in [0.3, 0.4) is 0 Å². The van der Waals surface area contributed by atoms with Crippen LogP contribution in [0.2, 0.25) is 0 Å². The Kier molecular flexibility index (Phi) is 3.11. The van der Waals surface area contributed by atoms with Gasteiger partial charge in [0, 0.05) is 12.6 Å². The predicted octanol–water partition coefficient (Wildman–Crippen LogP) is 0.723. The van der Waals surface area contributed by atoms with Crippen LogP contribution in [0.25, 0.3) is 0 Å². The molecule has 1 saturated heterocycles. The fourth-order valence-corrected chi connectivity index (χ4v) is 1.05. The number of likely N-dealkylation sites (tertiary alicyclic amines) is 1. The van der Waals surface area contributed by atoms with Crippen molar-refractivity contribution in [1.29, 1.82) is 0 Å². The average molecular weight is 155 g/mol. The lowest BCUT2D eigenvalue weighted by molar-refractivity contribution is -0.131. The van der Waals surface area contributed by atoms with Gasteiger partial charge in [-0.05, 0) is 25.9 Å². The Morgan fingerprint density at radius 2 is 2.27 bits per heavy atom. The van der Waals surface area contributed by atoms with Gasteiger partial charge in [-0.25, -0.2) is 4.79 Å². The predicted molar refractivity (Wildman–Crippen MR) is 42.4 cm³/mol. The summed E-state index contributed by atoms with van der Waals surface area (Å²) < 4.78 is 0. The number of carboxylic acids is 1. The maximum atomic E-state index is 10.0. The summed E-state index contributed by atoms with van der Waals surface area (Å²) >= 11 is 0. The first-order valence-electron chi connectivity index (χ1n) is 3.91. The van der Waals surface area contributed by atoms with E-state index < -0.39 is 5.97 Å². The van der Waals surface area contributed by atoms with Crippen LogP contribution in [0, 0.1) is 0 Å². The fourth-order valence-electron chi connectivity index (χ4n) is 1.05. The minimum atomic E-state index is -0.853. The molecule has 1 aliphatic rings. The Morgan fingerprint density at radius 3 is 2.73 bits per heavy atom. The van der Waals surface area contributed by atoms with Crippen molar-refractivity contribution in [3.05, 3.63) is 12.2 Å². The number of hydrogen-bond donors (Lipinski definition) is 1. The highest BCUT2D eigenvalue weighted by Crippen LogP contribution is 2.05. The van der Waals surface area contributed by atoms with E-state index >= 15 is 0 Å². The largest absolute Gasteiger partial charge is 0.478 e. The highest BCUT2D eigenvalue weighted by Gasteiger charge is 2.11. The molecule has 1 N–H and O–H groups in total. The van der Waals surface area contributed by atoms with E-state index in [1.54, 1.807) is 6.08 Å². The van der Waals surface area contributed by atoms with Crippen molar-refractivity contribution in [3.8, 4) is 0 Å². The SMILES string of the molecule is O=C(O)C=CCCN1CCC1. The molecule has 1 rings (SSSR count). The summed E-state index contributed by atoms with van der Waals surface area (Å²) in [5, 5.41) is 8.25. The molecule has 1 fully saturated rings. The summed E-state index contributed by atoms with van der Waals surface area (Å²) in [6.45, 7) is 3.37. The normalized spacial score (nSPS) is 18.5. The molecule has 11 heavy (non-hydrogen) atoms. The van der Waals surface area contributed by atoms with Gasteiger partial charge in [-0.2, -0.15) is 0 Å². The van der Waals surface area contributed by atoms with Gasteiger partial charge in [0.1, 0.15) is 0 Å². The van der Waals surface area contributed by atoms with Crippen molar-refractivity contribution in [1.82, 2.24) is 4.90 Å². The van der Waals surface area contributed by atoms with Crippen LogP contribution in [-0.2, 0) is 4.79 Å². The monoisotopic (exact) mass is 155 g/mol. The summed E-state index contributed by atoms with van der Waals surface area (Å²) in [7, 11) is 0. The fraction of sp³-hybridized carbons (Fsp3) is 0.625. The van der Waals surface area contributed by atoms with E-state index in [9.17, 15) is 4.79 Å². The molecule has 3 heteroatoms. The molecule has 0 spiro atoms. The van der Waals surface area contributed by atoms with Crippen molar-refractivity contribution in [2.24, 2.45) is 0 Å². The summed E-state index contributed by atoms with van der Waals surface area (Å²) in [5.41, 5.74) is 0. The number of nitrogens with zero attached hydrogens (tertiary/aromatic N) is 1. The second-order valence-corrected chi connectivity index (χ2v) is 2.72. The van der Waals surface area contributed by atoms with Crippen LogP contribution in [0.15, 0.2) is 12.2 Å². The summed E-state index contributed by atoms with van der Waals surface area (Å²) in [6.07, 6.45) is 5.06. The number of rotatable bonds is 4. The Morgan fingerprint density at radius 1 is 1.55 bits per heavy atom. The topological polar surface area (TPSA) is 40.5 Å². The molecular formula is C8H13NO2. The molecule has 0 aromatic heterocycles. The van der Waals surface area contributed by atoms with Gasteiger partial charge in [0.05, 0.1) is 0 Å². The smallest absolute Gasteiger partial charge is 0.327 e. The van der Waals surface area contributed by atoms with E-state index in [1.807, 2.05) is 0 Å². The quantitative estimate of drug-likeness (QED) is 0.608. The van der Waals surface area contributed by atoms with Crippen molar-refractivity contribution >= 4 is 5.97 Å². The first-order valence-corrected chi connectivity index (χ1v) is 3.91. The standard InChI is InChI=1S/C8H13NO2/c10-8(11)4-1-2-5-9-6-3-7-9/h1,4H,2-3,5-7H2,(H,10,11). The number of carboxylic acid groups (broad SMARTS) is 1. The Bertz CT molecular complexity index is 161.